The molecule has 2 heteroatoms. The van der Waals surface area contributed by atoms with Gasteiger partial charge in [-0.25, -0.2) is 0 Å². The maximum Gasteiger partial charge on any atom is 0.152 e. The highest BCUT2D eigenvalue weighted by atomic mass is 32.2. The van der Waals surface area contributed by atoms with Crippen LogP contribution in [-0.2, 0) is 4.79 Å². The van der Waals surface area contributed by atoms with E-state index in [-0.39, 0.29) is 16.1 Å². The fraction of sp³-hybridized carbons (Fsp3) is 0.588. The van der Waals surface area contributed by atoms with E-state index >= 15 is 0 Å². The number of Topliss-reactive ketones (excluding diaryl/α,β-unsaturated/α-hetero) is 1. The van der Waals surface area contributed by atoms with Gasteiger partial charge in [0.2, 0.25) is 0 Å². The Hall–Kier alpha value is -0.760. The molecule has 1 aromatic rings. The number of thioether (sulfide) groups is 1. The molecule has 0 radical (unpaired) electrons. The Kier molecular flexibility index (Phi) is 2.87. The standard InChI is InChI=1S/C17H22OS/c1-11-5-7-12(8-6-11)19-14-13-9-10-17(4,15(14)18)16(13,2)3/h5-8,13-14H,9-10H2,1-4H3/t13-,14-,17-/m0/s1. The van der Waals surface area contributed by atoms with Crippen LogP contribution in [0.2, 0.25) is 0 Å². The van der Waals surface area contributed by atoms with Crippen LogP contribution in [-0.4, -0.2) is 11.0 Å². The van der Waals surface area contributed by atoms with E-state index in [4.69, 9.17) is 0 Å². The summed E-state index contributed by atoms with van der Waals surface area (Å²) in [6.07, 6.45) is 2.28. The maximum absolute atomic E-state index is 12.8. The topological polar surface area (TPSA) is 17.1 Å². The summed E-state index contributed by atoms with van der Waals surface area (Å²) in [5, 5.41) is 0.163. The molecule has 1 nitrogen and oxygen atoms in total. The fourth-order valence-electron chi connectivity index (χ4n) is 3.90. The van der Waals surface area contributed by atoms with Crippen molar-refractivity contribution in [1.82, 2.24) is 0 Å². The van der Waals surface area contributed by atoms with E-state index in [2.05, 4.69) is 52.0 Å². The minimum Gasteiger partial charge on any atom is -0.298 e. The third-order valence-corrected chi connectivity index (χ3v) is 7.10. The lowest BCUT2D eigenvalue weighted by Crippen LogP contribution is -2.34. The molecule has 0 heterocycles. The molecule has 2 aliphatic carbocycles. The van der Waals surface area contributed by atoms with Crippen molar-refractivity contribution >= 4 is 17.5 Å². The molecule has 3 atom stereocenters. The molecule has 0 aromatic heterocycles. The molecule has 0 amide bonds. The number of carbonyl (C=O) groups is 1. The summed E-state index contributed by atoms with van der Waals surface area (Å²) in [5.41, 5.74) is 1.34. The number of ketones is 1. The van der Waals surface area contributed by atoms with Crippen molar-refractivity contribution < 1.29 is 4.79 Å². The minimum absolute atomic E-state index is 0.0972. The quantitative estimate of drug-likeness (QED) is 0.791. The Morgan fingerprint density at radius 1 is 1.16 bits per heavy atom. The molecule has 0 N–H and O–H groups in total. The number of benzene rings is 1. The van der Waals surface area contributed by atoms with Gasteiger partial charge < -0.3 is 0 Å². The third kappa shape index (κ3) is 1.72. The highest BCUT2D eigenvalue weighted by Gasteiger charge is 2.66. The van der Waals surface area contributed by atoms with Gasteiger partial charge in [0.15, 0.2) is 5.78 Å². The number of rotatable bonds is 2. The molecule has 3 rings (SSSR count). The van der Waals surface area contributed by atoms with Crippen molar-refractivity contribution in [2.75, 3.05) is 0 Å². The summed E-state index contributed by atoms with van der Waals surface area (Å²) in [4.78, 5) is 14.0. The molecule has 0 spiro atoms. The van der Waals surface area contributed by atoms with Crippen molar-refractivity contribution in [3.8, 4) is 0 Å². The van der Waals surface area contributed by atoms with E-state index in [9.17, 15) is 4.79 Å². The van der Waals surface area contributed by atoms with Gasteiger partial charge >= 0.3 is 0 Å². The van der Waals surface area contributed by atoms with Gasteiger partial charge in [-0.15, -0.1) is 11.8 Å². The summed E-state index contributed by atoms with van der Waals surface area (Å²) in [7, 11) is 0. The largest absolute Gasteiger partial charge is 0.298 e. The van der Waals surface area contributed by atoms with Gasteiger partial charge in [-0.2, -0.15) is 0 Å². The monoisotopic (exact) mass is 274 g/mol. The Morgan fingerprint density at radius 2 is 1.79 bits per heavy atom. The Labute approximate surface area is 120 Å². The van der Waals surface area contributed by atoms with Crippen molar-refractivity contribution in [2.24, 2.45) is 16.7 Å². The van der Waals surface area contributed by atoms with Gasteiger partial charge in [0.25, 0.3) is 0 Å². The first-order valence-electron chi connectivity index (χ1n) is 7.14. The second-order valence-electron chi connectivity index (χ2n) is 6.91. The summed E-state index contributed by atoms with van der Waals surface area (Å²) in [6, 6.07) is 8.56. The molecular weight excluding hydrogens is 252 g/mol. The molecule has 2 bridgehead atoms. The van der Waals surface area contributed by atoms with Gasteiger partial charge in [0.1, 0.15) is 0 Å². The molecule has 0 saturated heterocycles. The van der Waals surface area contributed by atoms with E-state index in [0.29, 0.717) is 11.7 Å². The smallest absolute Gasteiger partial charge is 0.152 e. The molecule has 1 aromatic carbocycles. The highest BCUT2D eigenvalue weighted by molar-refractivity contribution is 8.00. The molecule has 2 saturated carbocycles. The summed E-state index contributed by atoms with van der Waals surface area (Å²) < 4.78 is 0. The van der Waals surface area contributed by atoms with Crippen LogP contribution < -0.4 is 0 Å². The number of fused-ring (bicyclic) bond motifs is 2. The molecule has 2 fully saturated rings. The van der Waals surface area contributed by atoms with Crippen molar-refractivity contribution in [3.63, 3.8) is 0 Å². The lowest BCUT2D eigenvalue weighted by Gasteiger charge is -2.32. The molecule has 19 heavy (non-hydrogen) atoms. The van der Waals surface area contributed by atoms with Crippen LogP contribution in [0.1, 0.15) is 39.2 Å². The number of aryl methyl sites for hydroxylation is 1. The summed E-state index contributed by atoms with van der Waals surface area (Å²) in [6.45, 7) is 8.86. The lowest BCUT2D eigenvalue weighted by molar-refractivity contribution is -0.127. The molecule has 0 unspecified atom stereocenters. The average molecular weight is 274 g/mol. The third-order valence-electron chi connectivity index (χ3n) is 5.76. The zero-order chi connectivity index (χ0) is 13.8. The maximum atomic E-state index is 12.8. The molecule has 2 aliphatic rings. The van der Waals surface area contributed by atoms with Crippen LogP contribution in [0.4, 0.5) is 0 Å². The first-order valence-corrected chi connectivity index (χ1v) is 8.02. The van der Waals surface area contributed by atoms with Gasteiger partial charge in [-0.05, 0) is 43.2 Å². The van der Waals surface area contributed by atoms with Gasteiger partial charge in [0, 0.05) is 10.3 Å². The van der Waals surface area contributed by atoms with Crippen LogP contribution in [0.25, 0.3) is 0 Å². The Morgan fingerprint density at radius 3 is 2.32 bits per heavy atom. The second kappa shape index (κ2) is 4.12. The van der Waals surface area contributed by atoms with Crippen molar-refractivity contribution in [1.29, 1.82) is 0 Å². The van der Waals surface area contributed by atoms with E-state index in [1.165, 1.54) is 16.9 Å². The van der Waals surface area contributed by atoms with Crippen LogP contribution in [0.3, 0.4) is 0 Å². The molecule has 0 aliphatic heterocycles. The SMILES string of the molecule is Cc1ccc(S[C@@H]2C(=O)[C@]3(C)CC[C@@H]2C3(C)C)cc1. The van der Waals surface area contributed by atoms with Gasteiger partial charge in [-0.1, -0.05) is 38.5 Å². The Balaban J connectivity index is 1.88. The van der Waals surface area contributed by atoms with E-state index in [0.717, 1.165) is 6.42 Å². The van der Waals surface area contributed by atoms with E-state index in [1.54, 1.807) is 11.8 Å². The molecular formula is C17H22OS. The normalized spacial score (nSPS) is 35.9. The number of hydrogen-bond acceptors (Lipinski definition) is 2. The van der Waals surface area contributed by atoms with Gasteiger partial charge in [0.05, 0.1) is 5.25 Å². The Bertz CT molecular complexity index is 517. The number of hydrogen-bond donors (Lipinski definition) is 0. The summed E-state index contributed by atoms with van der Waals surface area (Å²) in [5.74, 6) is 1.02. The van der Waals surface area contributed by atoms with Gasteiger partial charge in [-0.3, -0.25) is 4.79 Å². The van der Waals surface area contributed by atoms with E-state index < -0.39 is 0 Å². The van der Waals surface area contributed by atoms with Crippen LogP contribution in [0.15, 0.2) is 29.2 Å². The van der Waals surface area contributed by atoms with Crippen LogP contribution >= 0.6 is 11.8 Å². The van der Waals surface area contributed by atoms with Crippen molar-refractivity contribution in [2.45, 2.75) is 50.7 Å². The van der Waals surface area contributed by atoms with Crippen molar-refractivity contribution in [3.05, 3.63) is 29.8 Å². The molecule has 102 valence electrons. The zero-order valence-electron chi connectivity index (χ0n) is 12.2. The van der Waals surface area contributed by atoms with E-state index in [1.807, 2.05) is 0 Å². The highest BCUT2D eigenvalue weighted by Crippen LogP contribution is 2.66. The predicted octanol–water partition coefficient (Wildman–Crippen LogP) is 4.48. The van der Waals surface area contributed by atoms with Crippen LogP contribution in [0.5, 0.6) is 0 Å². The predicted molar refractivity (Wildman–Crippen MR) is 80.4 cm³/mol. The van der Waals surface area contributed by atoms with Crippen LogP contribution in [0, 0.1) is 23.7 Å². The summed E-state index contributed by atoms with van der Waals surface area (Å²) >= 11 is 1.78. The second-order valence-corrected chi connectivity index (χ2v) is 8.13. The zero-order valence-corrected chi connectivity index (χ0v) is 13.0. The average Bonchev–Trinajstić information content (AvgIpc) is 2.66. The first kappa shape index (κ1) is 13.2. The fourth-order valence-corrected chi connectivity index (χ4v) is 5.50. The number of carbonyl (C=O) groups excluding carboxylic acids is 1. The minimum atomic E-state index is -0.0972. The lowest BCUT2D eigenvalue weighted by atomic mass is 9.70. The first-order chi connectivity index (χ1) is 8.86.